The molecule has 3 nitrogen and oxygen atoms in total. The number of hydrogen-bond acceptors (Lipinski definition) is 3. The van der Waals surface area contributed by atoms with Gasteiger partial charge in [0.2, 0.25) is 5.79 Å². The highest BCUT2D eigenvalue weighted by Gasteiger charge is 2.48. The maximum absolute atomic E-state index is 11.7. The Bertz CT molecular complexity index is 543. The molecule has 3 rings (SSSR count). The van der Waals surface area contributed by atoms with E-state index >= 15 is 0 Å². The van der Waals surface area contributed by atoms with Gasteiger partial charge in [-0.3, -0.25) is 4.79 Å². The van der Waals surface area contributed by atoms with E-state index in [1.165, 1.54) is 0 Å². The number of fused-ring (bicyclic) bond motifs is 1. The molecule has 1 aromatic carbocycles. The Labute approximate surface area is 106 Å². The van der Waals surface area contributed by atoms with Crippen molar-refractivity contribution in [2.75, 3.05) is 0 Å². The van der Waals surface area contributed by atoms with E-state index < -0.39 is 5.79 Å². The zero-order chi connectivity index (χ0) is 12.9. The summed E-state index contributed by atoms with van der Waals surface area (Å²) >= 11 is 0. The summed E-state index contributed by atoms with van der Waals surface area (Å²) in [4.78, 5) is 11.7. The standard InChI is InChI=1S/C15H16O3/c1-4-5-10-13(14(10)16)9-6-7-11-12(8-9)18-15(2,3)17-11/h4-8,10,13H,1-3H3/b5-4+. The lowest BCUT2D eigenvalue weighted by atomic mass is 10.1. The molecule has 0 aromatic heterocycles. The Morgan fingerprint density at radius 2 is 1.94 bits per heavy atom. The highest BCUT2D eigenvalue weighted by molar-refractivity contribution is 6.06. The molecular weight excluding hydrogens is 228 g/mol. The Morgan fingerprint density at radius 1 is 1.22 bits per heavy atom. The molecule has 0 amide bonds. The van der Waals surface area contributed by atoms with Crippen molar-refractivity contribution in [2.45, 2.75) is 32.5 Å². The zero-order valence-electron chi connectivity index (χ0n) is 10.8. The number of ketones is 1. The molecule has 1 heterocycles. The van der Waals surface area contributed by atoms with Crippen LogP contribution in [0.4, 0.5) is 0 Å². The van der Waals surface area contributed by atoms with Gasteiger partial charge in [0.1, 0.15) is 5.78 Å². The Morgan fingerprint density at radius 3 is 2.67 bits per heavy atom. The van der Waals surface area contributed by atoms with Crippen LogP contribution in [-0.2, 0) is 4.79 Å². The van der Waals surface area contributed by atoms with Gasteiger partial charge < -0.3 is 9.47 Å². The Balaban J connectivity index is 1.88. The van der Waals surface area contributed by atoms with Gasteiger partial charge in [0.25, 0.3) is 0 Å². The molecule has 3 heteroatoms. The first-order valence-electron chi connectivity index (χ1n) is 6.20. The molecule has 0 bridgehead atoms. The third kappa shape index (κ3) is 1.70. The summed E-state index contributed by atoms with van der Waals surface area (Å²) in [7, 11) is 0. The zero-order valence-corrected chi connectivity index (χ0v) is 10.8. The van der Waals surface area contributed by atoms with Crippen LogP contribution in [0.15, 0.2) is 30.4 Å². The number of allylic oxidation sites excluding steroid dienone is 2. The number of ether oxygens (including phenoxy) is 2. The molecule has 2 unspecified atom stereocenters. The summed E-state index contributed by atoms with van der Waals surface area (Å²) in [5.41, 5.74) is 1.02. The highest BCUT2D eigenvalue weighted by Crippen LogP contribution is 2.48. The molecule has 0 radical (unpaired) electrons. The predicted molar refractivity (Wildman–Crippen MR) is 67.8 cm³/mol. The number of Topliss-reactive ketones (excluding diaryl/α,β-unsaturated/α-hetero) is 1. The largest absolute Gasteiger partial charge is 0.449 e. The summed E-state index contributed by atoms with van der Waals surface area (Å²) < 4.78 is 11.3. The number of hydrogen-bond donors (Lipinski definition) is 0. The molecule has 94 valence electrons. The van der Waals surface area contributed by atoms with Gasteiger partial charge in [-0.15, -0.1) is 0 Å². The summed E-state index contributed by atoms with van der Waals surface area (Å²) in [6, 6.07) is 5.77. The molecule has 1 aromatic rings. The van der Waals surface area contributed by atoms with Gasteiger partial charge in [0, 0.05) is 13.8 Å². The average Bonchev–Trinajstić information content (AvgIpc) is 2.81. The smallest absolute Gasteiger partial charge is 0.246 e. The first-order valence-corrected chi connectivity index (χ1v) is 6.20. The summed E-state index contributed by atoms with van der Waals surface area (Å²) in [5.74, 6) is 1.20. The summed E-state index contributed by atoms with van der Waals surface area (Å²) in [6.07, 6.45) is 3.89. The first-order chi connectivity index (χ1) is 8.52. The molecular formula is C15H16O3. The van der Waals surface area contributed by atoms with Crippen molar-refractivity contribution in [3.05, 3.63) is 35.9 Å². The fraction of sp³-hybridized carbons (Fsp3) is 0.400. The highest BCUT2D eigenvalue weighted by atomic mass is 16.7. The minimum atomic E-state index is -0.614. The van der Waals surface area contributed by atoms with Gasteiger partial charge in [-0.2, -0.15) is 0 Å². The molecule has 1 fully saturated rings. The van der Waals surface area contributed by atoms with Gasteiger partial charge in [0.15, 0.2) is 11.5 Å². The van der Waals surface area contributed by atoms with Crippen LogP contribution in [0, 0.1) is 5.92 Å². The van der Waals surface area contributed by atoms with Crippen LogP contribution >= 0.6 is 0 Å². The van der Waals surface area contributed by atoms with Crippen molar-refractivity contribution in [2.24, 2.45) is 5.92 Å². The molecule has 0 spiro atoms. The van der Waals surface area contributed by atoms with Crippen molar-refractivity contribution in [3.63, 3.8) is 0 Å². The monoisotopic (exact) mass is 244 g/mol. The third-order valence-corrected chi connectivity index (χ3v) is 3.32. The van der Waals surface area contributed by atoms with Gasteiger partial charge in [-0.25, -0.2) is 0 Å². The lowest BCUT2D eigenvalue weighted by Gasteiger charge is -2.16. The van der Waals surface area contributed by atoms with E-state index in [1.807, 2.05) is 51.1 Å². The topological polar surface area (TPSA) is 35.5 Å². The van der Waals surface area contributed by atoms with E-state index in [9.17, 15) is 4.79 Å². The Hall–Kier alpha value is -1.77. The molecule has 2 atom stereocenters. The second kappa shape index (κ2) is 3.61. The second-order valence-electron chi connectivity index (χ2n) is 5.24. The summed E-state index contributed by atoms with van der Waals surface area (Å²) in [5, 5.41) is 0. The van der Waals surface area contributed by atoms with Gasteiger partial charge in [-0.05, 0) is 24.6 Å². The average molecular weight is 244 g/mol. The van der Waals surface area contributed by atoms with Crippen molar-refractivity contribution < 1.29 is 14.3 Å². The fourth-order valence-corrected chi connectivity index (χ4v) is 2.48. The van der Waals surface area contributed by atoms with Crippen LogP contribution in [0.1, 0.15) is 32.3 Å². The quantitative estimate of drug-likeness (QED) is 0.750. The van der Waals surface area contributed by atoms with E-state index in [0.717, 1.165) is 17.1 Å². The minimum absolute atomic E-state index is 0.00110. The normalized spacial score (nSPS) is 27.8. The van der Waals surface area contributed by atoms with Gasteiger partial charge in [-0.1, -0.05) is 18.2 Å². The maximum atomic E-state index is 11.7. The van der Waals surface area contributed by atoms with Crippen LogP contribution in [0.3, 0.4) is 0 Å². The van der Waals surface area contributed by atoms with Crippen LogP contribution in [0.25, 0.3) is 0 Å². The fourth-order valence-electron chi connectivity index (χ4n) is 2.48. The third-order valence-electron chi connectivity index (χ3n) is 3.32. The molecule has 0 saturated heterocycles. The number of rotatable bonds is 2. The van der Waals surface area contributed by atoms with Crippen LogP contribution in [0.5, 0.6) is 11.5 Å². The predicted octanol–water partition coefficient (Wildman–Crippen LogP) is 3.05. The minimum Gasteiger partial charge on any atom is -0.449 e. The molecule has 18 heavy (non-hydrogen) atoms. The molecule has 2 aliphatic rings. The lowest BCUT2D eigenvalue weighted by Crippen LogP contribution is -2.29. The first kappa shape index (κ1) is 11.3. The van der Waals surface area contributed by atoms with Gasteiger partial charge in [0.05, 0.1) is 11.8 Å². The van der Waals surface area contributed by atoms with Crippen LogP contribution in [-0.4, -0.2) is 11.6 Å². The van der Waals surface area contributed by atoms with E-state index in [1.54, 1.807) is 0 Å². The summed E-state index contributed by atoms with van der Waals surface area (Å²) in [6.45, 7) is 5.68. The Kier molecular flexibility index (Phi) is 2.27. The van der Waals surface area contributed by atoms with E-state index in [0.29, 0.717) is 0 Å². The number of carbonyl (C=O) groups is 1. The van der Waals surface area contributed by atoms with E-state index in [-0.39, 0.29) is 17.6 Å². The van der Waals surface area contributed by atoms with Crippen molar-refractivity contribution in [3.8, 4) is 11.5 Å². The van der Waals surface area contributed by atoms with Crippen molar-refractivity contribution in [1.82, 2.24) is 0 Å². The maximum Gasteiger partial charge on any atom is 0.246 e. The molecule has 1 aliphatic heterocycles. The van der Waals surface area contributed by atoms with Gasteiger partial charge >= 0.3 is 0 Å². The SMILES string of the molecule is C/C=C/C1C(=O)C1c1ccc2c(c1)OC(C)(C)O2. The lowest BCUT2D eigenvalue weighted by molar-refractivity contribution is -0.111. The van der Waals surface area contributed by atoms with E-state index in [4.69, 9.17) is 9.47 Å². The van der Waals surface area contributed by atoms with Crippen LogP contribution in [0.2, 0.25) is 0 Å². The molecule has 0 N–H and O–H groups in total. The van der Waals surface area contributed by atoms with Crippen LogP contribution < -0.4 is 9.47 Å². The molecule has 1 aliphatic carbocycles. The number of benzene rings is 1. The van der Waals surface area contributed by atoms with Crippen molar-refractivity contribution in [1.29, 1.82) is 0 Å². The number of carbonyl (C=O) groups excluding carboxylic acids is 1. The van der Waals surface area contributed by atoms with E-state index in [2.05, 4.69) is 0 Å². The second-order valence-corrected chi connectivity index (χ2v) is 5.24. The van der Waals surface area contributed by atoms with Crippen molar-refractivity contribution >= 4 is 5.78 Å². The molecule has 1 saturated carbocycles.